The highest BCUT2D eigenvalue weighted by atomic mass is 35.5. The number of allylic oxidation sites excluding steroid dienone is 1. The highest BCUT2D eigenvalue weighted by Gasteiger charge is 2.15. The summed E-state index contributed by atoms with van der Waals surface area (Å²) in [6, 6.07) is 8.38. The number of halogens is 1. The summed E-state index contributed by atoms with van der Waals surface area (Å²) in [6.45, 7) is 0.169. The summed E-state index contributed by atoms with van der Waals surface area (Å²) < 4.78 is 20.9. The maximum absolute atomic E-state index is 12.3. The molecule has 2 aromatic carbocycles. The van der Waals surface area contributed by atoms with Crippen molar-refractivity contribution in [3.05, 3.63) is 53.2 Å². The fourth-order valence-corrected chi connectivity index (χ4v) is 2.57. The lowest BCUT2D eigenvalue weighted by Crippen LogP contribution is -1.98. The molecule has 0 aromatic heterocycles. The average molecular weight is 362 g/mol. The molecular weight excluding hydrogens is 346 g/mol. The molecule has 0 saturated carbocycles. The second kappa shape index (κ2) is 7.36. The number of ether oxygens (including phenoxy) is 4. The molecule has 0 atom stereocenters. The van der Waals surface area contributed by atoms with E-state index in [1.165, 1.54) is 26.5 Å². The van der Waals surface area contributed by atoms with E-state index in [0.717, 1.165) is 0 Å². The SMILES string of the molecule is COc1cc(OC)c(N/C=C/C(=O)c2ccc3c(c2)OCO3)cc1Cl. The third-order valence-electron chi connectivity index (χ3n) is 3.60. The topological polar surface area (TPSA) is 66.0 Å². The average Bonchev–Trinajstić information content (AvgIpc) is 3.09. The zero-order chi connectivity index (χ0) is 17.8. The maximum atomic E-state index is 12.3. The zero-order valence-electron chi connectivity index (χ0n) is 13.7. The molecular formula is C18H16ClNO5. The lowest BCUT2D eigenvalue weighted by atomic mass is 10.1. The number of carbonyl (C=O) groups excluding carboxylic acids is 1. The molecule has 130 valence electrons. The minimum atomic E-state index is -0.177. The zero-order valence-corrected chi connectivity index (χ0v) is 14.4. The van der Waals surface area contributed by atoms with Crippen LogP contribution in [0.25, 0.3) is 0 Å². The van der Waals surface area contributed by atoms with Gasteiger partial charge in [-0.15, -0.1) is 0 Å². The van der Waals surface area contributed by atoms with E-state index in [4.69, 9.17) is 30.5 Å². The summed E-state index contributed by atoms with van der Waals surface area (Å²) in [4.78, 5) is 12.3. The van der Waals surface area contributed by atoms with Gasteiger partial charge in [0.25, 0.3) is 0 Å². The van der Waals surface area contributed by atoms with Crippen LogP contribution in [0.4, 0.5) is 5.69 Å². The number of rotatable bonds is 6. The van der Waals surface area contributed by atoms with E-state index >= 15 is 0 Å². The number of carbonyl (C=O) groups is 1. The van der Waals surface area contributed by atoms with Crippen LogP contribution in [0.2, 0.25) is 5.02 Å². The molecule has 0 aliphatic carbocycles. The van der Waals surface area contributed by atoms with E-state index in [1.807, 2.05) is 0 Å². The molecule has 0 spiro atoms. The number of fused-ring (bicyclic) bond motifs is 1. The van der Waals surface area contributed by atoms with Gasteiger partial charge >= 0.3 is 0 Å². The lowest BCUT2D eigenvalue weighted by molar-refractivity contribution is 0.104. The van der Waals surface area contributed by atoms with Crippen molar-refractivity contribution < 1.29 is 23.7 Å². The summed E-state index contributed by atoms with van der Waals surface area (Å²) in [7, 11) is 3.06. The van der Waals surface area contributed by atoms with Gasteiger partial charge in [0.15, 0.2) is 17.3 Å². The first-order valence-corrected chi connectivity index (χ1v) is 7.78. The van der Waals surface area contributed by atoms with Crippen molar-refractivity contribution in [3.63, 3.8) is 0 Å². The van der Waals surface area contributed by atoms with Gasteiger partial charge in [0.2, 0.25) is 6.79 Å². The van der Waals surface area contributed by atoms with Crippen molar-refractivity contribution in [2.75, 3.05) is 26.3 Å². The summed E-state index contributed by atoms with van der Waals surface area (Å²) in [6.07, 6.45) is 2.93. The number of methoxy groups -OCH3 is 2. The first kappa shape index (κ1) is 17.0. The molecule has 1 aliphatic heterocycles. The van der Waals surface area contributed by atoms with E-state index in [2.05, 4.69) is 5.32 Å². The smallest absolute Gasteiger partial charge is 0.231 e. The van der Waals surface area contributed by atoms with Crippen LogP contribution in [0.5, 0.6) is 23.0 Å². The van der Waals surface area contributed by atoms with Crippen molar-refractivity contribution >= 4 is 23.1 Å². The van der Waals surface area contributed by atoms with Crippen molar-refractivity contribution in [1.29, 1.82) is 0 Å². The molecule has 6 nitrogen and oxygen atoms in total. The summed E-state index contributed by atoms with van der Waals surface area (Å²) >= 11 is 6.11. The van der Waals surface area contributed by atoms with Crippen LogP contribution in [0, 0.1) is 0 Å². The molecule has 0 radical (unpaired) electrons. The predicted octanol–water partition coefficient (Wildman–Crippen LogP) is 3.89. The minimum absolute atomic E-state index is 0.169. The van der Waals surface area contributed by atoms with Crippen LogP contribution in [0.15, 0.2) is 42.6 Å². The Kier molecular flexibility index (Phi) is 5.00. The van der Waals surface area contributed by atoms with Crippen molar-refractivity contribution in [1.82, 2.24) is 0 Å². The van der Waals surface area contributed by atoms with Gasteiger partial charge in [0.1, 0.15) is 11.5 Å². The van der Waals surface area contributed by atoms with Crippen LogP contribution in [-0.2, 0) is 0 Å². The monoisotopic (exact) mass is 361 g/mol. The number of nitrogens with one attached hydrogen (secondary N) is 1. The number of anilines is 1. The van der Waals surface area contributed by atoms with Crippen LogP contribution in [0.3, 0.4) is 0 Å². The van der Waals surface area contributed by atoms with Gasteiger partial charge in [0, 0.05) is 23.9 Å². The van der Waals surface area contributed by atoms with E-state index in [9.17, 15) is 4.79 Å². The molecule has 25 heavy (non-hydrogen) atoms. The molecule has 1 N–H and O–H groups in total. The fraction of sp³-hybridized carbons (Fsp3) is 0.167. The first-order chi connectivity index (χ1) is 12.1. The molecule has 0 fully saturated rings. The van der Waals surface area contributed by atoms with Gasteiger partial charge in [-0.2, -0.15) is 0 Å². The van der Waals surface area contributed by atoms with Crippen LogP contribution in [-0.4, -0.2) is 26.8 Å². The third kappa shape index (κ3) is 3.64. The fourth-order valence-electron chi connectivity index (χ4n) is 2.33. The third-order valence-corrected chi connectivity index (χ3v) is 3.90. The Balaban J connectivity index is 1.72. The largest absolute Gasteiger partial charge is 0.495 e. The number of ketones is 1. The highest BCUT2D eigenvalue weighted by Crippen LogP contribution is 2.36. The highest BCUT2D eigenvalue weighted by molar-refractivity contribution is 6.32. The Morgan fingerprint density at radius 1 is 1.12 bits per heavy atom. The van der Waals surface area contributed by atoms with Gasteiger partial charge in [-0.25, -0.2) is 0 Å². The Morgan fingerprint density at radius 3 is 2.64 bits per heavy atom. The normalized spacial score (nSPS) is 12.3. The van der Waals surface area contributed by atoms with Crippen LogP contribution in [0.1, 0.15) is 10.4 Å². The quantitative estimate of drug-likeness (QED) is 0.622. The van der Waals surface area contributed by atoms with Gasteiger partial charge in [-0.05, 0) is 24.3 Å². The van der Waals surface area contributed by atoms with Crippen molar-refractivity contribution in [2.45, 2.75) is 0 Å². The van der Waals surface area contributed by atoms with Crippen LogP contribution >= 0.6 is 11.6 Å². The van der Waals surface area contributed by atoms with Gasteiger partial charge in [-0.3, -0.25) is 4.79 Å². The molecule has 3 rings (SSSR count). The number of hydrogen-bond acceptors (Lipinski definition) is 6. The molecule has 0 unspecified atom stereocenters. The van der Waals surface area contributed by atoms with E-state index < -0.39 is 0 Å². The molecule has 0 saturated heterocycles. The predicted molar refractivity (Wildman–Crippen MR) is 94.2 cm³/mol. The first-order valence-electron chi connectivity index (χ1n) is 7.41. The molecule has 0 amide bonds. The Hall–Kier alpha value is -2.86. The van der Waals surface area contributed by atoms with Crippen molar-refractivity contribution in [2.24, 2.45) is 0 Å². The summed E-state index contributed by atoms with van der Waals surface area (Å²) in [5.74, 6) is 2.07. The molecule has 1 aliphatic rings. The lowest BCUT2D eigenvalue weighted by Gasteiger charge is -2.11. The Morgan fingerprint density at radius 2 is 1.88 bits per heavy atom. The summed E-state index contributed by atoms with van der Waals surface area (Å²) in [5, 5.41) is 3.42. The number of benzene rings is 2. The van der Waals surface area contributed by atoms with Gasteiger partial charge in [0.05, 0.1) is 24.9 Å². The second-order valence-electron chi connectivity index (χ2n) is 5.10. The Labute approximate surface area is 149 Å². The Bertz CT molecular complexity index is 834. The van der Waals surface area contributed by atoms with E-state index in [0.29, 0.717) is 39.3 Å². The minimum Gasteiger partial charge on any atom is -0.495 e. The van der Waals surface area contributed by atoms with Crippen molar-refractivity contribution in [3.8, 4) is 23.0 Å². The van der Waals surface area contributed by atoms with Gasteiger partial charge < -0.3 is 24.3 Å². The molecule has 7 heteroatoms. The molecule has 0 bridgehead atoms. The molecule has 2 aromatic rings. The molecule has 1 heterocycles. The second-order valence-corrected chi connectivity index (χ2v) is 5.50. The van der Waals surface area contributed by atoms with E-state index in [-0.39, 0.29) is 12.6 Å². The number of hydrogen-bond donors (Lipinski definition) is 1. The summed E-state index contributed by atoms with van der Waals surface area (Å²) in [5.41, 5.74) is 1.12. The standard InChI is InChI=1S/C18H16ClNO5/c1-22-16-9-17(23-2)13(8-12(16)19)20-6-5-14(21)11-3-4-15-18(7-11)25-10-24-15/h3-9,20H,10H2,1-2H3/b6-5+. The maximum Gasteiger partial charge on any atom is 0.231 e. The van der Waals surface area contributed by atoms with Crippen LogP contribution < -0.4 is 24.3 Å². The van der Waals surface area contributed by atoms with E-state index in [1.54, 1.807) is 30.3 Å². The van der Waals surface area contributed by atoms with Gasteiger partial charge in [-0.1, -0.05) is 11.6 Å².